The molecule has 0 aliphatic carbocycles. The molecule has 16 nitrogen and oxygen atoms in total. The smallest absolute Gasteiger partial charge is 0.545 e. The SMILES string of the molecule is CCCC(C)(C)C1(C(=O)O)N=C(C(C)(C)C)C(C(C)(C)C)=N1.CCCC(C)(C)C1(C(=O)O)N=C(C(C)(C)C)C(C(C)(C)C)=N1.CCCC(C)(C)C1(C(=O)[O-])N=C(C(C)(C)C)C(C(C)(C)C)=N1.CCCC(C)(C)C1(C(=O)[O-])N=C(C(C)(C)C)C(C(C)(C)C)=N1.[Ba+2]. The van der Waals surface area contributed by atoms with Crippen LogP contribution in [0.15, 0.2) is 39.9 Å². The van der Waals surface area contributed by atoms with Gasteiger partial charge in [-0.2, -0.15) is 0 Å². The molecule has 0 bridgehead atoms. The minimum absolute atomic E-state index is 0. The molecule has 89 heavy (non-hydrogen) atoms. The molecule has 0 unspecified atom stereocenters. The van der Waals surface area contributed by atoms with Crippen molar-refractivity contribution in [3.05, 3.63) is 0 Å². The Morgan fingerprint density at radius 2 is 0.393 bits per heavy atom. The molecule has 2 N–H and O–H groups in total. The molecule has 0 aromatic carbocycles. The zero-order valence-electron chi connectivity index (χ0n) is 63.3. The van der Waals surface area contributed by atoms with Crippen LogP contribution in [-0.4, -0.2) is 151 Å². The van der Waals surface area contributed by atoms with Crippen LogP contribution in [0.25, 0.3) is 0 Å². The van der Waals surface area contributed by atoms with E-state index in [1.54, 1.807) is 0 Å². The van der Waals surface area contributed by atoms with E-state index in [9.17, 15) is 39.6 Å². The zero-order chi connectivity index (χ0) is 70.2. The third-order valence-corrected chi connectivity index (χ3v) is 17.2. The van der Waals surface area contributed by atoms with E-state index >= 15 is 0 Å². The first kappa shape index (κ1) is 85.8. The molecule has 0 amide bonds. The molecule has 4 rings (SSSR count). The Morgan fingerprint density at radius 1 is 0.281 bits per heavy atom. The van der Waals surface area contributed by atoms with E-state index in [1.165, 1.54) is 0 Å². The number of nitrogens with zero attached hydrogens (tertiary/aromatic N) is 8. The van der Waals surface area contributed by atoms with Crippen molar-refractivity contribution in [1.29, 1.82) is 0 Å². The predicted octanol–water partition coefficient (Wildman–Crippen LogP) is 15.3. The summed E-state index contributed by atoms with van der Waals surface area (Å²) in [4.78, 5) is 86.2. The average molecular weight is 1370 g/mol. The number of hydrogen-bond donors (Lipinski definition) is 2. The fourth-order valence-electron chi connectivity index (χ4n) is 11.9. The number of hydrogen-bond acceptors (Lipinski definition) is 14. The molecule has 0 spiro atoms. The molecule has 0 atom stereocenters. The first-order valence-corrected chi connectivity index (χ1v) is 32.5. The fraction of sp³-hybridized carbons (Fsp3) is 0.833. The van der Waals surface area contributed by atoms with Gasteiger partial charge in [-0.15, -0.1) is 0 Å². The van der Waals surface area contributed by atoms with Crippen molar-refractivity contribution >= 4 is 118 Å². The molecule has 0 aromatic heterocycles. The number of carboxylic acid groups (broad SMARTS) is 4. The maximum absolute atomic E-state index is 12.2. The van der Waals surface area contributed by atoms with Gasteiger partial charge in [-0.05, 0) is 25.7 Å². The number of aliphatic carboxylic acids is 4. The largest absolute Gasteiger partial charge is 2.00 e. The maximum Gasteiger partial charge on any atom is 2.00 e. The minimum atomic E-state index is -1.52. The van der Waals surface area contributed by atoms with Crippen LogP contribution in [0.4, 0.5) is 0 Å². The van der Waals surface area contributed by atoms with Crippen molar-refractivity contribution in [1.82, 2.24) is 0 Å². The van der Waals surface area contributed by atoms with Crippen molar-refractivity contribution in [2.75, 3.05) is 0 Å². The van der Waals surface area contributed by atoms with Crippen molar-refractivity contribution in [2.45, 2.75) is 323 Å². The van der Waals surface area contributed by atoms with Crippen LogP contribution in [0.1, 0.15) is 301 Å². The molecule has 4 aliphatic rings. The van der Waals surface area contributed by atoms with E-state index in [4.69, 9.17) is 20.0 Å². The van der Waals surface area contributed by atoms with Crippen LogP contribution in [-0.2, 0) is 19.2 Å². The normalized spacial score (nSPS) is 18.7. The Bertz CT molecular complexity index is 2330. The van der Waals surface area contributed by atoms with Gasteiger partial charge in [0.1, 0.15) is 0 Å². The van der Waals surface area contributed by atoms with Gasteiger partial charge in [0.2, 0.25) is 0 Å². The summed E-state index contributed by atoms with van der Waals surface area (Å²) < 4.78 is 0. The molecule has 0 saturated heterocycles. The third-order valence-electron chi connectivity index (χ3n) is 17.2. The van der Waals surface area contributed by atoms with Gasteiger partial charge in [-0.25, -0.2) is 29.6 Å². The average Bonchev–Trinajstić information content (AvgIpc) is 4.12. The summed E-state index contributed by atoms with van der Waals surface area (Å²) in [7, 11) is 0. The summed E-state index contributed by atoms with van der Waals surface area (Å²) in [5.74, 6) is -4.31. The van der Waals surface area contributed by atoms with Crippen LogP contribution < -0.4 is 10.2 Å². The van der Waals surface area contributed by atoms with E-state index < -0.39 is 68.2 Å². The zero-order valence-corrected chi connectivity index (χ0v) is 67.7. The van der Waals surface area contributed by atoms with Crippen molar-refractivity contribution in [3.63, 3.8) is 0 Å². The van der Waals surface area contributed by atoms with Crippen molar-refractivity contribution in [3.8, 4) is 0 Å². The van der Waals surface area contributed by atoms with Crippen LogP contribution in [0, 0.1) is 65.0 Å². The van der Waals surface area contributed by atoms with Crippen molar-refractivity contribution < 1.29 is 39.6 Å². The molecule has 4 aliphatic heterocycles. The monoisotopic (exact) mass is 1370 g/mol. The second-order valence-electron chi connectivity index (χ2n) is 36.1. The van der Waals surface area contributed by atoms with E-state index in [1.807, 2.05) is 152 Å². The summed E-state index contributed by atoms with van der Waals surface area (Å²) >= 11 is 0. The van der Waals surface area contributed by atoms with E-state index in [0.717, 1.165) is 97.1 Å². The summed E-state index contributed by atoms with van der Waals surface area (Å²) in [6.45, 7) is 73.1. The molecular formula is C72H126BaN8O8. The molecule has 504 valence electrons. The molecular weight excluding hydrogens is 1240 g/mol. The van der Waals surface area contributed by atoms with Gasteiger partial charge in [0, 0.05) is 65.0 Å². The number of rotatable bonds is 16. The molecule has 0 saturated carbocycles. The Morgan fingerprint density at radius 3 is 0.483 bits per heavy atom. The van der Waals surface area contributed by atoms with Crippen LogP contribution in [0.3, 0.4) is 0 Å². The second-order valence-corrected chi connectivity index (χ2v) is 36.1. The Balaban J connectivity index is 0.00000116. The standard InChI is InChI=1S/4C18H32N2O2.Ba/c4*1-10-11-17(8,9)18(14(21)22)19-12(15(2,3)4)13(20-18)16(5,6)7;/h4*10-11H2,1-9H3,(H,21,22);/q;;;;+2/p-2. The van der Waals surface area contributed by atoms with Gasteiger partial charge in [0.15, 0.2) is 11.3 Å². The Kier molecular flexibility index (Phi) is 27.4. The van der Waals surface area contributed by atoms with Gasteiger partial charge < -0.3 is 30.0 Å². The summed E-state index contributed by atoms with van der Waals surface area (Å²) in [5.41, 5.74) is -3.62. The maximum atomic E-state index is 12.2. The predicted molar refractivity (Wildman–Crippen MR) is 372 cm³/mol. The first-order valence-electron chi connectivity index (χ1n) is 32.5. The quantitative estimate of drug-likeness (QED) is 0.140. The third kappa shape index (κ3) is 18.6. The molecule has 0 fully saturated rings. The Hall–Kier alpha value is -3.19. The van der Waals surface area contributed by atoms with Gasteiger partial charge in [0.25, 0.3) is 11.3 Å². The minimum Gasteiger partial charge on any atom is -0.545 e. The van der Waals surface area contributed by atoms with Gasteiger partial charge in [-0.3, -0.25) is 20.0 Å². The first-order chi connectivity index (χ1) is 38.8. The fourth-order valence-corrected chi connectivity index (χ4v) is 11.9. The molecule has 17 heteroatoms. The van der Waals surface area contributed by atoms with E-state index in [-0.39, 0.29) is 92.2 Å². The molecule has 0 aromatic rings. The number of aliphatic imine (C=N–C) groups is 8. The second kappa shape index (κ2) is 28.4. The summed E-state index contributed by atoms with van der Waals surface area (Å²) in [5, 5.41) is 44.1. The topological polar surface area (TPSA) is 254 Å². The van der Waals surface area contributed by atoms with Crippen molar-refractivity contribution in [2.24, 2.45) is 105 Å². The van der Waals surface area contributed by atoms with E-state index in [2.05, 4.69) is 117 Å². The summed E-state index contributed by atoms with van der Waals surface area (Å²) in [6.07, 6.45) is 6.55. The van der Waals surface area contributed by atoms with Crippen LogP contribution >= 0.6 is 0 Å². The summed E-state index contributed by atoms with van der Waals surface area (Å²) in [6, 6.07) is 0. The number of carbonyl (C=O) groups excluding carboxylic acids is 2. The van der Waals surface area contributed by atoms with Gasteiger partial charge in [-0.1, -0.05) is 275 Å². The number of carbonyl (C=O) groups is 4. The molecule has 4 heterocycles. The van der Waals surface area contributed by atoms with Crippen LogP contribution in [0.5, 0.6) is 0 Å². The molecule has 0 radical (unpaired) electrons. The van der Waals surface area contributed by atoms with Crippen LogP contribution in [0.2, 0.25) is 0 Å². The van der Waals surface area contributed by atoms with Gasteiger partial charge in [0.05, 0.1) is 57.6 Å². The van der Waals surface area contributed by atoms with Gasteiger partial charge >= 0.3 is 60.8 Å². The van der Waals surface area contributed by atoms with E-state index in [0.29, 0.717) is 0 Å². The number of carboxylic acids is 4. The Labute approximate surface area is 581 Å².